The van der Waals surface area contributed by atoms with Crippen molar-refractivity contribution in [3.63, 3.8) is 0 Å². The van der Waals surface area contributed by atoms with Crippen LogP contribution in [0.1, 0.15) is 15.9 Å². The number of alkyl halides is 2. The van der Waals surface area contributed by atoms with E-state index in [1.165, 1.54) is 0 Å². The fourth-order valence-corrected chi connectivity index (χ4v) is 1.08. The van der Waals surface area contributed by atoms with Gasteiger partial charge in [-0.3, -0.25) is 0 Å². The zero-order valence-electron chi connectivity index (χ0n) is 8.12. The summed E-state index contributed by atoms with van der Waals surface area (Å²) in [4.78, 5) is 10.6. The van der Waals surface area contributed by atoms with Gasteiger partial charge in [-0.1, -0.05) is 0 Å². The molecule has 0 bridgehead atoms. The van der Waals surface area contributed by atoms with Crippen LogP contribution in [0.15, 0.2) is 18.2 Å². The highest BCUT2D eigenvalue weighted by Gasteiger charge is 2.09. The average Bonchev–Trinajstić information content (AvgIpc) is 2.20. The van der Waals surface area contributed by atoms with E-state index < -0.39 is 24.8 Å². The summed E-state index contributed by atoms with van der Waals surface area (Å²) in [5, 5.41) is 8.63. The molecule has 1 aromatic carbocycles. The number of rotatable bonds is 5. The minimum Gasteiger partial charge on any atom is -0.478 e. The summed E-state index contributed by atoms with van der Waals surface area (Å²) >= 11 is 0. The molecule has 0 saturated carbocycles. The molecule has 0 aromatic heterocycles. The number of hydrogen-bond donors (Lipinski definition) is 1. The van der Waals surface area contributed by atoms with Gasteiger partial charge in [0.15, 0.2) is 0 Å². The molecule has 0 amide bonds. The number of hydrogen-bond acceptors (Lipinski definition) is 2. The average molecular weight is 234 g/mol. The Hall–Kier alpha value is -1.56. The number of aromatic carboxylic acids is 1. The lowest BCUT2D eigenvalue weighted by molar-refractivity contribution is 0.00897. The van der Waals surface area contributed by atoms with Gasteiger partial charge < -0.3 is 9.84 Å². The molecule has 1 N–H and O–H groups in total. The van der Waals surface area contributed by atoms with Crippen molar-refractivity contribution in [2.75, 3.05) is 6.61 Å². The van der Waals surface area contributed by atoms with Gasteiger partial charge >= 0.3 is 5.97 Å². The summed E-state index contributed by atoms with van der Waals surface area (Å²) in [5.41, 5.74) is -0.169. The molecule has 0 aliphatic carbocycles. The van der Waals surface area contributed by atoms with Crippen LogP contribution >= 0.6 is 0 Å². The number of benzene rings is 1. The summed E-state index contributed by atoms with van der Waals surface area (Å²) in [6, 6.07) is 3.11. The topological polar surface area (TPSA) is 46.5 Å². The Balaban J connectivity index is 2.70. The molecule has 16 heavy (non-hydrogen) atoms. The number of carbonyl (C=O) groups is 1. The summed E-state index contributed by atoms with van der Waals surface area (Å²) in [5.74, 6) is -1.89. The monoisotopic (exact) mass is 234 g/mol. The van der Waals surface area contributed by atoms with Crippen LogP contribution in [-0.2, 0) is 11.3 Å². The summed E-state index contributed by atoms with van der Waals surface area (Å²) < 4.78 is 41.1. The van der Waals surface area contributed by atoms with E-state index in [9.17, 15) is 18.0 Å². The lowest BCUT2D eigenvalue weighted by Crippen LogP contribution is -2.06. The van der Waals surface area contributed by atoms with Crippen LogP contribution in [0.2, 0.25) is 0 Å². The van der Waals surface area contributed by atoms with Crippen LogP contribution in [0.4, 0.5) is 13.2 Å². The van der Waals surface area contributed by atoms with Crippen LogP contribution in [0, 0.1) is 5.82 Å². The van der Waals surface area contributed by atoms with E-state index in [4.69, 9.17) is 5.11 Å². The fraction of sp³-hybridized carbons (Fsp3) is 0.300. The van der Waals surface area contributed by atoms with E-state index in [1.807, 2.05) is 0 Å². The van der Waals surface area contributed by atoms with Crippen molar-refractivity contribution in [3.8, 4) is 0 Å². The minimum atomic E-state index is -2.63. The van der Waals surface area contributed by atoms with Gasteiger partial charge in [-0.2, -0.15) is 0 Å². The van der Waals surface area contributed by atoms with Gasteiger partial charge in [0.25, 0.3) is 6.43 Å². The predicted octanol–water partition coefficient (Wildman–Crippen LogP) is 2.31. The van der Waals surface area contributed by atoms with E-state index in [1.54, 1.807) is 0 Å². The lowest BCUT2D eigenvalue weighted by Gasteiger charge is -2.05. The number of carboxylic acid groups (broad SMARTS) is 1. The number of ether oxygens (including phenoxy) is 1. The molecule has 0 heterocycles. The predicted molar refractivity (Wildman–Crippen MR) is 49.0 cm³/mol. The Labute approximate surface area is 89.5 Å². The van der Waals surface area contributed by atoms with E-state index >= 15 is 0 Å². The highest BCUT2D eigenvalue weighted by atomic mass is 19.3. The molecule has 0 unspecified atom stereocenters. The van der Waals surface area contributed by atoms with Crippen LogP contribution in [0.5, 0.6) is 0 Å². The Morgan fingerprint density at radius 3 is 2.69 bits per heavy atom. The Kier molecular flexibility index (Phi) is 4.30. The van der Waals surface area contributed by atoms with Crippen molar-refractivity contribution in [1.82, 2.24) is 0 Å². The molecule has 0 atom stereocenters. The molecule has 0 spiro atoms. The first-order valence-electron chi connectivity index (χ1n) is 4.38. The highest BCUT2D eigenvalue weighted by molar-refractivity contribution is 5.87. The maximum Gasteiger partial charge on any atom is 0.335 e. The Bertz CT molecular complexity index is 380. The number of halogens is 3. The largest absolute Gasteiger partial charge is 0.478 e. The molecular weight excluding hydrogens is 225 g/mol. The summed E-state index contributed by atoms with van der Waals surface area (Å²) in [7, 11) is 0. The van der Waals surface area contributed by atoms with E-state index in [0.717, 1.165) is 18.2 Å². The van der Waals surface area contributed by atoms with Crippen molar-refractivity contribution in [2.45, 2.75) is 13.0 Å². The zero-order chi connectivity index (χ0) is 12.1. The lowest BCUT2D eigenvalue weighted by atomic mass is 10.1. The summed E-state index contributed by atoms with van der Waals surface area (Å²) in [6.07, 6.45) is -2.63. The Morgan fingerprint density at radius 2 is 2.12 bits per heavy atom. The molecule has 1 rings (SSSR count). The molecule has 0 aliphatic heterocycles. The molecule has 3 nitrogen and oxygen atoms in total. The third-order valence-corrected chi connectivity index (χ3v) is 1.79. The molecule has 0 saturated heterocycles. The van der Waals surface area contributed by atoms with E-state index in [-0.39, 0.29) is 17.7 Å². The van der Waals surface area contributed by atoms with Crippen LogP contribution in [0.25, 0.3) is 0 Å². The third kappa shape index (κ3) is 3.54. The fourth-order valence-electron chi connectivity index (χ4n) is 1.08. The second-order valence-corrected chi connectivity index (χ2v) is 3.02. The van der Waals surface area contributed by atoms with Gasteiger partial charge in [0.05, 0.1) is 12.2 Å². The van der Waals surface area contributed by atoms with E-state index in [2.05, 4.69) is 4.74 Å². The molecule has 0 aliphatic rings. The first-order valence-corrected chi connectivity index (χ1v) is 4.38. The van der Waals surface area contributed by atoms with Gasteiger partial charge in [0.2, 0.25) is 0 Å². The molecule has 88 valence electrons. The van der Waals surface area contributed by atoms with Crippen molar-refractivity contribution in [1.29, 1.82) is 0 Å². The molecule has 0 fully saturated rings. The van der Waals surface area contributed by atoms with Crippen LogP contribution < -0.4 is 0 Å². The Morgan fingerprint density at radius 1 is 1.44 bits per heavy atom. The first kappa shape index (κ1) is 12.5. The second-order valence-electron chi connectivity index (χ2n) is 3.02. The van der Waals surface area contributed by atoms with Crippen molar-refractivity contribution in [3.05, 3.63) is 35.1 Å². The molecular formula is C10H9F3O3. The first-order chi connectivity index (χ1) is 7.50. The summed E-state index contributed by atoms with van der Waals surface area (Å²) in [6.45, 7) is -1.19. The molecule has 6 heteroatoms. The van der Waals surface area contributed by atoms with Gasteiger partial charge in [0, 0.05) is 5.56 Å². The molecule has 0 radical (unpaired) electrons. The SMILES string of the molecule is O=C(O)c1ccc(F)c(COCC(F)F)c1. The van der Waals surface area contributed by atoms with Gasteiger partial charge in [-0.25, -0.2) is 18.0 Å². The maximum absolute atomic E-state index is 13.1. The minimum absolute atomic E-state index is 0.0550. The van der Waals surface area contributed by atoms with Crippen molar-refractivity contribution >= 4 is 5.97 Å². The van der Waals surface area contributed by atoms with E-state index in [0.29, 0.717) is 0 Å². The third-order valence-electron chi connectivity index (χ3n) is 1.79. The zero-order valence-corrected chi connectivity index (χ0v) is 8.12. The van der Waals surface area contributed by atoms with Crippen molar-refractivity contribution in [2.24, 2.45) is 0 Å². The highest BCUT2D eigenvalue weighted by Crippen LogP contribution is 2.12. The standard InChI is InChI=1S/C10H9F3O3/c11-8-2-1-6(10(14)15)3-7(8)4-16-5-9(12)13/h1-3,9H,4-5H2,(H,14,15). The smallest absolute Gasteiger partial charge is 0.335 e. The van der Waals surface area contributed by atoms with Crippen LogP contribution in [0.3, 0.4) is 0 Å². The second kappa shape index (κ2) is 5.50. The maximum atomic E-state index is 13.1. The normalized spacial score (nSPS) is 10.8. The van der Waals surface area contributed by atoms with Gasteiger partial charge in [0.1, 0.15) is 12.4 Å². The van der Waals surface area contributed by atoms with Gasteiger partial charge in [-0.05, 0) is 18.2 Å². The van der Waals surface area contributed by atoms with Crippen LogP contribution in [-0.4, -0.2) is 24.1 Å². The van der Waals surface area contributed by atoms with Gasteiger partial charge in [-0.15, -0.1) is 0 Å². The molecule has 1 aromatic rings. The number of carboxylic acids is 1. The van der Waals surface area contributed by atoms with Crippen molar-refractivity contribution < 1.29 is 27.8 Å². The quantitative estimate of drug-likeness (QED) is 0.850.